The normalized spacial score (nSPS) is 20.2. The molecule has 1 unspecified atom stereocenters. The molecule has 6 nitrogen and oxygen atoms in total. The molecule has 1 saturated heterocycles. The Bertz CT molecular complexity index is 387. The van der Waals surface area contributed by atoms with Crippen LogP contribution in [0.1, 0.15) is 19.3 Å². The molecule has 0 radical (unpaired) electrons. The summed E-state index contributed by atoms with van der Waals surface area (Å²) in [4.78, 5) is 10.1. The fourth-order valence-corrected chi connectivity index (χ4v) is 2.23. The Hall–Kier alpha value is -0.950. The number of rotatable bonds is 4. The van der Waals surface area contributed by atoms with Gasteiger partial charge in [-0.1, -0.05) is 0 Å². The summed E-state index contributed by atoms with van der Waals surface area (Å²) in [6.07, 6.45) is 4.94. The van der Waals surface area contributed by atoms with Gasteiger partial charge < -0.3 is 14.9 Å². The summed E-state index contributed by atoms with van der Waals surface area (Å²) >= 11 is 3.11. The molecule has 0 saturated carbocycles. The second-order valence-electron chi connectivity index (χ2n) is 3.74. The van der Waals surface area contributed by atoms with Gasteiger partial charge in [0.25, 0.3) is 0 Å². The van der Waals surface area contributed by atoms with Gasteiger partial charge in [0.1, 0.15) is 4.47 Å². The lowest BCUT2D eigenvalue weighted by Gasteiger charge is -2.06. The summed E-state index contributed by atoms with van der Waals surface area (Å²) in [6.45, 7) is 1.48. The van der Waals surface area contributed by atoms with Crippen molar-refractivity contribution in [2.75, 3.05) is 6.61 Å². The summed E-state index contributed by atoms with van der Waals surface area (Å²) in [7, 11) is 0. The van der Waals surface area contributed by atoms with Gasteiger partial charge in [-0.15, -0.1) is 0 Å². The SMILES string of the molecule is O=[N+]([O-])c1nn(CCC2CCCO2)cc1Br. The Morgan fingerprint density at radius 2 is 2.56 bits per heavy atom. The summed E-state index contributed by atoms with van der Waals surface area (Å²) in [5.41, 5.74) is 0. The maximum atomic E-state index is 10.6. The quantitative estimate of drug-likeness (QED) is 0.629. The van der Waals surface area contributed by atoms with Crippen LogP contribution in [-0.2, 0) is 11.3 Å². The maximum Gasteiger partial charge on any atom is 0.404 e. The second kappa shape index (κ2) is 4.92. The zero-order valence-electron chi connectivity index (χ0n) is 8.63. The number of hydrogen-bond donors (Lipinski definition) is 0. The predicted molar refractivity (Wildman–Crippen MR) is 60.2 cm³/mol. The number of halogens is 1. The highest BCUT2D eigenvalue weighted by atomic mass is 79.9. The van der Waals surface area contributed by atoms with Gasteiger partial charge in [-0.3, -0.25) is 0 Å². The molecule has 1 atom stereocenters. The van der Waals surface area contributed by atoms with Crippen molar-refractivity contribution in [3.8, 4) is 0 Å². The van der Waals surface area contributed by atoms with Crippen LogP contribution < -0.4 is 0 Å². The van der Waals surface area contributed by atoms with Crippen LogP contribution >= 0.6 is 15.9 Å². The van der Waals surface area contributed by atoms with Gasteiger partial charge >= 0.3 is 5.82 Å². The van der Waals surface area contributed by atoms with Crippen LogP contribution in [0.25, 0.3) is 0 Å². The topological polar surface area (TPSA) is 70.2 Å². The van der Waals surface area contributed by atoms with Crippen LogP contribution in [-0.4, -0.2) is 27.4 Å². The minimum absolute atomic E-state index is 0.132. The van der Waals surface area contributed by atoms with Crippen LogP contribution in [0.4, 0.5) is 5.82 Å². The number of nitrogens with zero attached hydrogens (tertiary/aromatic N) is 3. The molecular formula is C9H12BrN3O3. The van der Waals surface area contributed by atoms with Crippen molar-refractivity contribution >= 4 is 21.7 Å². The number of hydrogen-bond acceptors (Lipinski definition) is 4. The monoisotopic (exact) mass is 289 g/mol. The highest BCUT2D eigenvalue weighted by Crippen LogP contribution is 2.23. The van der Waals surface area contributed by atoms with E-state index >= 15 is 0 Å². The predicted octanol–water partition coefficient (Wildman–Crippen LogP) is 2.12. The van der Waals surface area contributed by atoms with E-state index in [9.17, 15) is 10.1 Å². The van der Waals surface area contributed by atoms with Crippen LogP contribution in [0.5, 0.6) is 0 Å². The molecule has 1 aromatic heterocycles. The molecule has 2 rings (SSSR count). The molecule has 7 heteroatoms. The highest BCUT2D eigenvalue weighted by Gasteiger charge is 2.20. The van der Waals surface area contributed by atoms with E-state index in [1.807, 2.05) is 0 Å². The molecule has 0 amide bonds. The molecule has 0 aromatic carbocycles. The molecule has 0 bridgehead atoms. The zero-order valence-corrected chi connectivity index (χ0v) is 10.2. The molecule has 1 aliphatic heterocycles. The second-order valence-corrected chi connectivity index (χ2v) is 4.60. The molecule has 0 spiro atoms. The van der Waals surface area contributed by atoms with E-state index in [-0.39, 0.29) is 11.9 Å². The molecule has 1 aromatic rings. The standard InChI is InChI=1S/C9H12BrN3O3/c10-8-6-12(11-9(8)13(14)15)4-3-7-2-1-5-16-7/h6-7H,1-5H2. The first-order valence-electron chi connectivity index (χ1n) is 5.16. The molecule has 1 aliphatic rings. The number of nitro groups is 1. The van der Waals surface area contributed by atoms with Gasteiger partial charge in [-0.25, -0.2) is 0 Å². The fraction of sp³-hybridized carbons (Fsp3) is 0.667. The van der Waals surface area contributed by atoms with Gasteiger partial charge in [-0.2, -0.15) is 4.68 Å². The molecule has 0 N–H and O–H groups in total. The lowest BCUT2D eigenvalue weighted by Crippen LogP contribution is -2.10. The third-order valence-corrected chi connectivity index (χ3v) is 3.14. The van der Waals surface area contributed by atoms with Gasteiger partial charge in [-0.05, 0) is 40.1 Å². The number of ether oxygens (including phenoxy) is 1. The molecule has 1 fully saturated rings. The largest absolute Gasteiger partial charge is 0.404 e. The lowest BCUT2D eigenvalue weighted by atomic mass is 10.2. The van der Waals surface area contributed by atoms with Gasteiger partial charge in [0.15, 0.2) is 0 Å². The summed E-state index contributed by atoms with van der Waals surface area (Å²) in [5, 5.41) is 14.5. The average molecular weight is 290 g/mol. The van der Waals surface area contributed by atoms with Crippen molar-refractivity contribution in [2.24, 2.45) is 0 Å². The van der Waals surface area contributed by atoms with Crippen molar-refractivity contribution in [1.82, 2.24) is 9.78 Å². The smallest absolute Gasteiger partial charge is 0.378 e. The van der Waals surface area contributed by atoms with Gasteiger partial charge in [0.05, 0.1) is 23.9 Å². The van der Waals surface area contributed by atoms with E-state index in [4.69, 9.17) is 4.74 Å². The first-order chi connectivity index (χ1) is 7.66. The van der Waals surface area contributed by atoms with Crippen molar-refractivity contribution in [2.45, 2.75) is 31.9 Å². The molecule has 16 heavy (non-hydrogen) atoms. The summed E-state index contributed by atoms with van der Waals surface area (Å²) in [5.74, 6) is -0.132. The average Bonchev–Trinajstić information content (AvgIpc) is 2.83. The van der Waals surface area contributed by atoms with E-state index in [0.717, 1.165) is 25.9 Å². The molecule has 0 aliphatic carbocycles. The third kappa shape index (κ3) is 2.59. The zero-order chi connectivity index (χ0) is 11.5. The van der Waals surface area contributed by atoms with Crippen LogP contribution in [0, 0.1) is 10.1 Å². The van der Waals surface area contributed by atoms with Crippen LogP contribution in [0.2, 0.25) is 0 Å². The van der Waals surface area contributed by atoms with E-state index in [2.05, 4.69) is 21.0 Å². The molecule has 2 heterocycles. The number of aromatic nitrogens is 2. The Morgan fingerprint density at radius 1 is 1.75 bits per heavy atom. The Labute approximate surface area is 101 Å². The summed E-state index contributed by atoms with van der Waals surface area (Å²) < 4.78 is 7.48. The fourth-order valence-electron chi connectivity index (χ4n) is 1.77. The lowest BCUT2D eigenvalue weighted by molar-refractivity contribution is -0.390. The first-order valence-corrected chi connectivity index (χ1v) is 5.95. The van der Waals surface area contributed by atoms with Crippen molar-refractivity contribution in [3.63, 3.8) is 0 Å². The van der Waals surface area contributed by atoms with Crippen LogP contribution in [0.3, 0.4) is 0 Å². The minimum Gasteiger partial charge on any atom is -0.378 e. The van der Waals surface area contributed by atoms with E-state index < -0.39 is 4.92 Å². The van der Waals surface area contributed by atoms with Crippen LogP contribution in [0.15, 0.2) is 10.7 Å². The van der Waals surface area contributed by atoms with Crippen molar-refractivity contribution in [1.29, 1.82) is 0 Å². The van der Waals surface area contributed by atoms with Gasteiger partial charge in [0, 0.05) is 6.61 Å². The van der Waals surface area contributed by atoms with E-state index in [1.165, 1.54) is 0 Å². The first kappa shape index (κ1) is 11.5. The van der Waals surface area contributed by atoms with Crippen molar-refractivity contribution < 1.29 is 9.66 Å². The Balaban J connectivity index is 1.94. The Kier molecular flexibility index (Phi) is 3.55. The number of aryl methyl sites for hydroxylation is 1. The molecular weight excluding hydrogens is 278 g/mol. The van der Waals surface area contributed by atoms with E-state index in [0.29, 0.717) is 11.0 Å². The highest BCUT2D eigenvalue weighted by molar-refractivity contribution is 9.10. The maximum absolute atomic E-state index is 10.6. The van der Waals surface area contributed by atoms with Crippen molar-refractivity contribution in [3.05, 3.63) is 20.8 Å². The van der Waals surface area contributed by atoms with Gasteiger partial charge in [0.2, 0.25) is 0 Å². The van der Waals surface area contributed by atoms with E-state index in [1.54, 1.807) is 10.9 Å². The Morgan fingerprint density at radius 3 is 3.12 bits per heavy atom. The summed E-state index contributed by atoms with van der Waals surface area (Å²) in [6, 6.07) is 0. The minimum atomic E-state index is -0.493. The third-order valence-electron chi connectivity index (χ3n) is 2.58. The molecule has 88 valence electrons.